The molecule has 0 radical (unpaired) electrons. The normalized spacial score (nSPS) is 10.2. The zero-order valence-corrected chi connectivity index (χ0v) is 14.4. The first-order valence-electron chi connectivity index (χ1n) is 8.46. The fourth-order valence-electron chi connectivity index (χ4n) is 2.82. The van der Waals surface area contributed by atoms with E-state index in [4.69, 9.17) is 0 Å². The summed E-state index contributed by atoms with van der Waals surface area (Å²) < 4.78 is 0. The van der Waals surface area contributed by atoms with E-state index in [0.717, 1.165) is 27.4 Å². The topological polar surface area (TPSA) is 42.0 Å². The lowest BCUT2D eigenvalue weighted by Crippen LogP contribution is -2.12. The lowest BCUT2D eigenvalue weighted by atomic mass is 10.0. The van der Waals surface area contributed by atoms with Crippen molar-refractivity contribution in [1.82, 2.24) is 4.98 Å². The number of para-hydroxylation sites is 1. The summed E-state index contributed by atoms with van der Waals surface area (Å²) in [6.07, 6.45) is 1.73. The van der Waals surface area contributed by atoms with Gasteiger partial charge in [-0.3, -0.25) is 9.78 Å². The molecule has 4 rings (SSSR count). The van der Waals surface area contributed by atoms with E-state index < -0.39 is 0 Å². The van der Waals surface area contributed by atoms with Crippen molar-refractivity contribution in [3.63, 3.8) is 0 Å². The van der Waals surface area contributed by atoms with E-state index in [1.165, 1.54) is 0 Å². The summed E-state index contributed by atoms with van der Waals surface area (Å²) >= 11 is 0. The van der Waals surface area contributed by atoms with Gasteiger partial charge in [-0.15, -0.1) is 0 Å². The molecule has 124 valence electrons. The summed E-state index contributed by atoms with van der Waals surface area (Å²) in [6.45, 7) is 4.00. The van der Waals surface area contributed by atoms with Gasteiger partial charge >= 0.3 is 0 Å². The van der Waals surface area contributed by atoms with Crippen molar-refractivity contribution in [1.29, 1.82) is 0 Å². The SMILES string of the molecule is CC.O=C(Nc1cccc2cccnc12)c1cccc2ccccc12. The number of amides is 1. The number of aromatic nitrogens is 1. The van der Waals surface area contributed by atoms with Crippen LogP contribution in [-0.4, -0.2) is 10.9 Å². The number of nitrogens with zero attached hydrogens (tertiary/aromatic N) is 1. The van der Waals surface area contributed by atoms with Crippen LogP contribution in [0.25, 0.3) is 21.7 Å². The van der Waals surface area contributed by atoms with Crippen molar-refractivity contribution < 1.29 is 4.79 Å². The Hall–Kier alpha value is -3.20. The van der Waals surface area contributed by atoms with Gasteiger partial charge in [0, 0.05) is 17.1 Å². The maximum atomic E-state index is 12.7. The fourth-order valence-corrected chi connectivity index (χ4v) is 2.82. The summed E-state index contributed by atoms with van der Waals surface area (Å²) in [5, 5.41) is 5.99. The van der Waals surface area contributed by atoms with Crippen molar-refractivity contribution in [2.24, 2.45) is 0 Å². The van der Waals surface area contributed by atoms with E-state index in [2.05, 4.69) is 10.3 Å². The zero-order valence-electron chi connectivity index (χ0n) is 14.4. The van der Waals surface area contributed by atoms with Gasteiger partial charge in [0.05, 0.1) is 11.2 Å². The molecule has 1 aromatic heterocycles. The highest BCUT2D eigenvalue weighted by Gasteiger charge is 2.11. The average Bonchev–Trinajstić information content (AvgIpc) is 2.69. The van der Waals surface area contributed by atoms with E-state index in [0.29, 0.717) is 5.56 Å². The van der Waals surface area contributed by atoms with Crippen LogP contribution in [0.1, 0.15) is 24.2 Å². The molecule has 1 heterocycles. The predicted octanol–water partition coefficient (Wildman–Crippen LogP) is 5.67. The lowest BCUT2D eigenvalue weighted by molar-refractivity contribution is 0.102. The first-order valence-corrected chi connectivity index (χ1v) is 8.46. The highest BCUT2D eigenvalue weighted by molar-refractivity contribution is 6.14. The summed E-state index contributed by atoms with van der Waals surface area (Å²) in [5.41, 5.74) is 2.18. The Kier molecular flexibility index (Phi) is 5.05. The van der Waals surface area contributed by atoms with Crippen LogP contribution in [0.4, 0.5) is 5.69 Å². The molecule has 3 aromatic carbocycles. The average molecular weight is 328 g/mol. The standard InChI is InChI=1S/C20H14N2O.C2H6/c23-20(17-11-3-7-14-6-1-2-10-16(14)17)22-18-12-4-8-15-9-5-13-21-19(15)18;1-2/h1-13H,(H,22,23);1-2H3. The second kappa shape index (κ2) is 7.58. The van der Waals surface area contributed by atoms with Crippen LogP contribution in [0.15, 0.2) is 79.0 Å². The Morgan fingerprint density at radius 1 is 0.800 bits per heavy atom. The Bertz CT molecular complexity index is 1010. The monoisotopic (exact) mass is 328 g/mol. The Labute approximate surface area is 147 Å². The number of nitrogens with one attached hydrogen (secondary N) is 1. The highest BCUT2D eigenvalue weighted by atomic mass is 16.1. The number of carbonyl (C=O) groups is 1. The molecule has 25 heavy (non-hydrogen) atoms. The molecule has 4 aromatic rings. The highest BCUT2D eigenvalue weighted by Crippen LogP contribution is 2.23. The summed E-state index contributed by atoms with van der Waals surface area (Å²) in [5.74, 6) is -0.125. The largest absolute Gasteiger partial charge is 0.320 e. The summed E-state index contributed by atoms with van der Waals surface area (Å²) in [7, 11) is 0. The molecule has 0 bridgehead atoms. The third-order valence-corrected chi connectivity index (χ3v) is 3.92. The quantitative estimate of drug-likeness (QED) is 0.515. The van der Waals surface area contributed by atoms with Crippen LogP contribution in [-0.2, 0) is 0 Å². The molecule has 0 aliphatic heterocycles. The van der Waals surface area contributed by atoms with E-state index in [-0.39, 0.29) is 5.91 Å². The van der Waals surface area contributed by atoms with Gasteiger partial charge in [0.25, 0.3) is 5.91 Å². The van der Waals surface area contributed by atoms with Gasteiger partial charge in [-0.2, -0.15) is 0 Å². The van der Waals surface area contributed by atoms with Crippen molar-refractivity contribution in [3.8, 4) is 0 Å². The minimum Gasteiger partial charge on any atom is -0.320 e. The Morgan fingerprint density at radius 3 is 2.36 bits per heavy atom. The second-order valence-corrected chi connectivity index (χ2v) is 5.36. The third kappa shape index (κ3) is 3.36. The number of benzene rings is 3. The van der Waals surface area contributed by atoms with Crippen molar-refractivity contribution in [2.75, 3.05) is 5.32 Å². The maximum absolute atomic E-state index is 12.7. The molecular weight excluding hydrogens is 308 g/mol. The van der Waals surface area contributed by atoms with Crippen molar-refractivity contribution in [2.45, 2.75) is 13.8 Å². The van der Waals surface area contributed by atoms with Gasteiger partial charge < -0.3 is 5.32 Å². The number of carbonyl (C=O) groups excluding carboxylic acids is 1. The van der Waals surface area contributed by atoms with Gasteiger partial charge in [-0.1, -0.05) is 68.4 Å². The van der Waals surface area contributed by atoms with Crippen LogP contribution < -0.4 is 5.32 Å². The van der Waals surface area contributed by atoms with Crippen LogP contribution in [0, 0.1) is 0 Å². The van der Waals surface area contributed by atoms with Crippen LogP contribution in [0.5, 0.6) is 0 Å². The van der Waals surface area contributed by atoms with E-state index >= 15 is 0 Å². The van der Waals surface area contributed by atoms with Gasteiger partial charge in [-0.05, 0) is 29.0 Å². The number of rotatable bonds is 2. The third-order valence-electron chi connectivity index (χ3n) is 3.92. The molecule has 3 nitrogen and oxygen atoms in total. The number of hydrogen-bond donors (Lipinski definition) is 1. The van der Waals surface area contributed by atoms with Crippen molar-refractivity contribution in [3.05, 3.63) is 84.6 Å². The van der Waals surface area contributed by atoms with Gasteiger partial charge in [0.1, 0.15) is 0 Å². The molecule has 0 atom stereocenters. The molecule has 0 fully saturated rings. The molecule has 0 unspecified atom stereocenters. The smallest absolute Gasteiger partial charge is 0.256 e. The number of anilines is 1. The fraction of sp³-hybridized carbons (Fsp3) is 0.0909. The Balaban J connectivity index is 0.000000880. The van der Waals surface area contributed by atoms with Gasteiger partial charge in [0.2, 0.25) is 0 Å². The minimum atomic E-state index is -0.125. The summed E-state index contributed by atoms with van der Waals surface area (Å²) in [6, 6.07) is 23.3. The predicted molar refractivity (Wildman–Crippen MR) is 105 cm³/mol. The Morgan fingerprint density at radius 2 is 1.48 bits per heavy atom. The minimum absolute atomic E-state index is 0.125. The first kappa shape index (κ1) is 16.7. The van der Waals surface area contributed by atoms with E-state index in [9.17, 15) is 4.79 Å². The molecule has 3 heteroatoms. The number of hydrogen-bond acceptors (Lipinski definition) is 2. The van der Waals surface area contributed by atoms with Crippen LogP contribution >= 0.6 is 0 Å². The van der Waals surface area contributed by atoms with Crippen LogP contribution in [0.3, 0.4) is 0 Å². The molecular formula is C22H20N2O. The first-order chi connectivity index (χ1) is 12.3. The molecule has 0 aliphatic carbocycles. The van der Waals surface area contributed by atoms with Crippen LogP contribution in [0.2, 0.25) is 0 Å². The van der Waals surface area contributed by atoms with E-state index in [1.807, 2.05) is 86.6 Å². The molecule has 0 saturated carbocycles. The van der Waals surface area contributed by atoms with Gasteiger partial charge in [0.15, 0.2) is 0 Å². The summed E-state index contributed by atoms with van der Waals surface area (Å²) in [4.78, 5) is 17.1. The van der Waals surface area contributed by atoms with Crippen molar-refractivity contribution >= 4 is 33.3 Å². The van der Waals surface area contributed by atoms with E-state index in [1.54, 1.807) is 6.20 Å². The number of pyridine rings is 1. The maximum Gasteiger partial charge on any atom is 0.256 e. The molecule has 0 aliphatic rings. The molecule has 0 saturated heterocycles. The molecule has 1 amide bonds. The zero-order chi connectivity index (χ0) is 17.6. The second-order valence-electron chi connectivity index (χ2n) is 5.36. The number of fused-ring (bicyclic) bond motifs is 2. The molecule has 0 spiro atoms. The lowest BCUT2D eigenvalue weighted by Gasteiger charge is -2.10. The van der Waals surface area contributed by atoms with Gasteiger partial charge in [-0.25, -0.2) is 0 Å². The molecule has 1 N–H and O–H groups in total.